The molecular weight excluding hydrogens is 416 g/mol. The Labute approximate surface area is 186 Å². The SMILES string of the molecule is CN=C(NCc1nc(-c2cccc(Cl)c2)no1)NCC(c1ccco1)N1CCCCC1. The molecule has 0 aliphatic carbocycles. The summed E-state index contributed by atoms with van der Waals surface area (Å²) in [5, 5.41) is 11.3. The van der Waals surface area contributed by atoms with Gasteiger partial charge in [0.05, 0.1) is 18.8 Å². The molecule has 9 heteroatoms. The average Bonchev–Trinajstić information content (AvgIpc) is 3.49. The van der Waals surface area contributed by atoms with Crippen LogP contribution < -0.4 is 10.6 Å². The zero-order valence-corrected chi connectivity index (χ0v) is 18.3. The fourth-order valence-corrected chi connectivity index (χ4v) is 3.96. The number of nitrogens with zero attached hydrogens (tertiary/aromatic N) is 4. The maximum absolute atomic E-state index is 6.04. The minimum atomic E-state index is 0.159. The van der Waals surface area contributed by atoms with E-state index >= 15 is 0 Å². The summed E-state index contributed by atoms with van der Waals surface area (Å²) in [7, 11) is 1.74. The molecule has 1 fully saturated rings. The van der Waals surface area contributed by atoms with Crippen molar-refractivity contribution in [2.75, 3.05) is 26.7 Å². The van der Waals surface area contributed by atoms with Gasteiger partial charge in [-0.3, -0.25) is 9.89 Å². The number of hydrogen-bond acceptors (Lipinski definition) is 6. The Balaban J connectivity index is 1.34. The number of rotatable bonds is 7. The number of furan rings is 1. The molecule has 0 saturated carbocycles. The van der Waals surface area contributed by atoms with Gasteiger partial charge in [0, 0.05) is 24.2 Å². The van der Waals surface area contributed by atoms with E-state index in [-0.39, 0.29) is 6.04 Å². The third-order valence-electron chi connectivity index (χ3n) is 5.35. The molecule has 0 spiro atoms. The van der Waals surface area contributed by atoms with Crippen LogP contribution in [0.3, 0.4) is 0 Å². The second kappa shape index (κ2) is 10.5. The Bertz CT molecular complexity index is 982. The largest absolute Gasteiger partial charge is 0.468 e. The van der Waals surface area contributed by atoms with Gasteiger partial charge in [-0.25, -0.2) is 0 Å². The standard InChI is InChI=1S/C22H27ClN6O2/c1-24-22(25-14-18(19-9-6-12-30-19)29-10-3-2-4-11-29)26-15-20-27-21(28-31-20)16-7-5-8-17(23)13-16/h5-9,12-13,18H,2-4,10-11,14-15H2,1H3,(H2,24,25,26). The maximum Gasteiger partial charge on any atom is 0.246 e. The Morgan fingerprint density at radius 3 is 2.81 bits per heavy atom. The molecule has 3 aromatic rings. The number of likely N-dealkylation sites (tertiary alicyclic amines) is 1. The quantitative estimate of drug-likeness (QED) is 0.423. The third kappa shape index (κ3) is 5.65. The van der Waals surface area contributed by atoms with Gasteiger partial charge < -0.3 is 19.6 Å². The van der Waals surface area contributed by atoms with E-state index in [4.69, 9.17) is 20.5 Å². The van der Waals surface area contributed by atoms with Crippen molar-refractivity contribution in [3.05, 3.63) is 59.3 Å². The van der Waals surface area contributed by atoms with Crippen LogP contribution >= 0.6 is 11.6 Å². The van der Waals surface area contributed by atoms with Crippen LogP contribution in [0.2, 0.25) is 5.02 Å². The lowest BCUT2D eigenvalue weighted by Gasteiger charge is -2.33. The van der Waals surface area contributed by atoms with Crippen LogP contribution in [0.5, 0.6) is 0 Å². The van der Waals surface area contributed by atoms with E-state index in [1.807, 2.05) is 30.3 Å². The highest BCUT2D eigenvalue weighted by Gasteiger charge is 2.24. The van der Waals surface area contributed by atoms with Crippen LogP contribution in [0, 0.1) is 0 Å². The molecule has 0 radical (unpaired) electrons. The zero-order chi connectivity index (χ0) is 21.5. The van der Waals surface area contributed by atoms with Gasteiger partial charge in [0.2, 0.25) is 11.7 Å². The molecular formula is C22H27ClN6O2. The lowest BCUT2D eigenvalue weighted by molar-refractivity contribution is 0.146. The predicted molar refractivity (Wildman–Crippen MR) is 120 cm³/mol. The van der Waals surface area contributed by atoms with Gasteiger partial charge in [-0.05, 0) is 50.2 Å². The van der Waals surface area contributed by atoms with Crippen molar-refractivity contribution >= 4 is 17.6 Å². The summed E-state index contributed by atoms with van der Waals surface area (Å²) in [5.41, 5.74) is 0.813. The number of aliphatic imine (C=N–C) groups is 1. The molecule has 2 aromatic heterocycles. The number of hydrogen-bond donors (Lipinski definition) is 2. The number of nitrogens with one attached hydrogen (secondary N) is 2. The van der Waals surface area contributed by atoms with Crippen molar-refractivity contribution in [1.82, 2.24) is 25.7 Å². The number of halogens is 1. The van der Waals surface area contributed by atoms with Crippen molar-refractivity contribution in [1.29, 1.82) is 0 Å². The van der Waals surface area contributed by atoms with Gasteiger partial charge in [0.15, 0.2) is 5.96 Å². The average molecular weight is 443 g/mol. The predicted octanol–water partition coefficient (Wildman–Crippen LogP) is 3.88. The molecule has 4 rings (SSSR count). The second-order valence-corrected chi connectivity index (χ2v) is 7.89. The normalized spacial score (nSPS) is 16.3. The molecule has 31 heavy (non-hydrogen) atoms. The number of guanidine groups is 1. The zero-order valence-electron chi connectivity index (χ0n) is 17.6. The Hall–Kier alpha value is -2.84. The highest BCUT2D eigenvalue weighted by molar-refractivity contribution is 6.30. The van der Waals surface area contributed by atoms with Crippen LogP contribution in [0.4, 0.5) is 0 Å². The lowest BCUT2D eigenvalue weighted by atomic mass is 10.1. The van der Waals surface area contributed by atoms with Crippen LogP contribution in [0.15, 0.2) is 56.6 Å². The summed E-state index contributed by atoms with van der Waals surface area (Å²) in [6.07, 6.45) is 5.46. The van der Waals surface area contributed by atoms with E-state index in [0.717, 1.165) is 24.4 Å². The van der Waals surface area contributed by atoms with Gasteiger partial charge in [-0.1, -0.05) is 35.3 Å². The highest BCUT2D eigenvalue weighted by Crippen LogP contribution is 2.24. The minimum Gasteiger partial charge on any atom is -0.468 e. The van der Waals surface area contributed by atoms with Crippen LogP contribution in [0.1, 0.15) is 37.0 Å². The summed E-state index contributed by atoms with van der Waals surface area (Å²) in [5.74, 6) is 2.60. The van der Waals surface area contributed by atoms with Gasteiger partial charge in [-0.2, -0.15) is 4.98 Å². The smallest absolute Gasteiger partial charge is 0.246 e. The fourth-order valence-electron chi connectivity index (χ4n) is 3.77. The summed E-state index contributed by atoms with van der Waals surface area (Å²) in [6, 6.07) is 11.5. The van der Waals surface area contributed by atoms with Crippen LogP contribution in [0.25, 0.3) is 11.4 Å². The Morgan fingerprint density at radius 1 is 1.19 bits per heavy atom. The van der Waals surface area contributed by atoms with Gasteiger partial charge in [0.25, 0.3) is 0 Å². The third-order valence-corrected chi connectivity index (χ3v) is 5.58. The van der Waals surface area contributed by atoms with E-state index in [2.05, 4.69) is 30.7 Å². The maximum atomic E-state index is 6.04. The van der Waals surface area contributed by atoms with Gasteiger partial charge >= 0.3 is 0 Å². The first kappa shape index (κ1) is 21.4. The molecule has 8 nitrogen and oxygen atoms in total. The van der Waals surface area contributed by atoms with Crippen LogP contribution in [-0.2, 0) is 6.54 Å². The summed E-state index contributed by atoms with van der Waals surface area (Å²) >= 11 is 6.04. The first-order valence-electron chi connectivity index (χ1n) is 10.5. The van der Waals surface area contributed by atoms with E-state index in [0.29, 0.717) is 35.8 Å². The molecule has 1 aliphatic heterocycles. The van der Waals surface area contributed by atoms with Crippen molar-refractivity contribution in [3.8, 4) is 11.4 Å². The monoisotopic (exact) mass is 442 g/mol. The molecule has 1 unspecified atom stereocenters. The minimum absolute atomic E-state index is 0.159. The van der Waals surface area contributed by atoms with E-state index in [9.17, 15) is 0 Å². The summed E-state index contributed by atoms with van der Waals surface area (Å²) in [6.45, 7) is 3.20. The first-order valence-corrected chi connectivity index (χ1v) is 10.9. The highest BCUT2D eigenvalue weighted by atomic mass is 35.5. The molecule has 164 valence electrons. The second-order valence-electron chi connectivity index (χ2n) is 7.46. The van der Waals surface area contributed by atoms with E-state index in [1.165, 1.54) is 19.3 Å². The van der Waals surface area contributed by atoms with Crippen molar-refractivity contribution in [2.45, 2.75) is 31.8 Å². The molecule has 1 aliphatic rings. The first-order chi connectivity index (χ1) is 15.2. The van der Waals surface area contributed by atoms with E-state index in [1.54, 1.807) is 19.4 Å². The van der Waals surface area contributed by atoms with Crippen molar-refractivity contribution in [2.24, 2.45) is 4.99 Å². The van der Waals surface area contributed by atoms with E-state index < -0.39 is 0 Å². The van der Waals surface area contributed by atoms with Crippen LogP contribution in [-0.4, -0.2) is 47.7 Å². The summed E-state index contributed by atoms with van der Waals surface area (Å²) in [4.78, 5) is 11.2. The lowest BCUT2D eigenvalue weighted by Crippen LogP contribution is -2.44. The number of benzene rings is 1. The fraction of sp³-hybridized carbons (Fsp3) is 0.409. The Morgan fingerprint density at radius 2 is 2.06 bits per heavy atom. The molecule has 0 bridgehead atoms. The van der Waals surface area contributed by atoms with Gasteiger partial charge in [-0.15, -0.1) is 0 Å². The summed E-state index contributed by atoms with van der Waals surface area (Å²) < 4.78 is 11.1. The molecule has 1 saturated heterocycles. The van der Waals surface area contributed by atoms with Crippen molar-refractivity contribution < 1.29 is 8.94 Å². The molecule has 2 N–H and O–H groups in total. The molecule has 1 aromatic carbocycles. The van der Waals surface area contributed by atoms with Crippen molar-refractivity contribution in [3.63, 3.8) is 0 Å². The Kier molecular flexibility index (Phi) is 7.22. The number of piperidine rings is 1. The molecule has 1 atom stereocenters. The van der Waals surface area contributed by atoms with Gasteiger partial charge in [0.1, 0.15) is 5.76 Å². The molecule has 3 heterocycles. The topological polar surface area (TPSA) is 91.7 Å². The molecule has 0 amide bonds. The number of aromatic nitrogens is 2.